The number of rotatable bonds is 6. The number of nitrogens with zero attached hydrogens (tertiary/aromatic N) is 2. The first-order chi connectivity index (χ1) is 12.5. The normalized spacial score (nSPS) is 14.8. The lowest BCUT2D eigenvalue weighted by Gasteiger charge is -2.23. The van der Waals surface area contributed by atoms with Crippen molar-refractivity contribution in [1.29, 1.82) is 0 Å². The number of thioether (sulfide) groups is 1. The van der Waals surface area contributed by atoms with Crippen LogP contribution in [0.3, 0.4) is 0 Å². The van der Waals surface area contributed by atoms with Crippen LogP contribution in [0.25, 0.3) is 0 Å². The lowest BCUT2D eigenvalue weighted by molar-refractivity contribution is -0.119. The second kappa shape index (κ2) is 8.73. The van der Waals surface area contributed by atoms with Crippen LogP contribution >= 0.6 is 23.1 Å². The summed E-state index contributed by atoms with van der Waals surface area (Å²) in [5.74, 6) is 2.06. The summed E-state index contributed by atoms with van der Waals surface area (Å²) in [5.41, 5.74) is 1.02. The molecule has 1 aliphatic heterocycles. The summed E-state index contributed by atoms with van der Waals surface area (Å²) in [6.07, 6.45) is 0.872. The van der Waals surface area contributed by atoms with E-state index in [1.165, 1.54) is 23.1 Å². The van der Waals surface area contributed by atoms with E-state index in [1.54, 1.807) is 0 Å². The third-order valence-corrected chi connectivity index (χ3v) is 5.92. The van der Waals surface area contributed by atoms with Crippen LogP contribution in [-0.2, 0) is 4.79 Å². The molecular formula is C18H23N3O3S2. The molecule has 0 aliphatic carbocycles. The Morgan fingerprint density at radius 1 is 1.27 bits per heavy atom. The molecule has 1 aliphatic rings. The van der Waals surface area contributed by atoms with Crippen molar-refractivity contribution in [3.8, 4) is 11.5 Å². The number of carbonyl (C=O) groups is 1. The number of hydrogen-bond donors (Lipinski definition) is 1. The molecule has 1 aromatic carbocycles. The molecule has 6 nitrogen and oxygen atoms in total. The average molecular weight is 394 g/mol. The van der Waals surface area contributed by atoms with Crippen molar-refractivity contribution in [1.82, 2.24) is 15.5 Å². The topological polar surface area (TPSA) is 73.3 Å². The van der Waals surface area contributed by atoms with E-state index in [0.717, 1.165) is 32.8 Å². The highest BCUT2D eigenvalue weighted by atomic mass is 32.2. The van der Waals surface area contributed by atoms with Crippen molar-refractivity contribution in [2.75, 3.05) is 19.0 Å². The van der Waals surface area contributed by atoms with Gasteiger partial charge in [-0.05, 0) is 30.5 Å². The van der Waals surface area contributed by atoms with Crippen LogP contribution in [0.5, 0.6) is 11.5 Å². The molecule has 0 fully saturated rings. The molecule has 0 bridgehead atoms. The van der Waals surface area contributed by atoms with E-state index >= 15 is 0 Å². The van der Waals surface area contributed by atoms with Crippen molar-refractivity contribution in [2.24, 2.45) is 5.92 Å². The number of carbonyl (C=O) groups excluding carboxylic acids is 1. The lowest BCUT2D eigenvalue weighted by Crippen LogP contribution is -2.33. The summed E-state index contributed by atoms with van der Waals surface area (Å²) in [6.45, 7) is 7.40. The van der Waals surface area contributed by atoms with Crippen LogP contribution in [0.4, 0.5) is 0 Å². The van der Waals surface area contributed by atoms with Crippen LogP contribution < -0.4 is 14.8 Å². The maximum Gasteiger partial charge on any atom is 0.230 e. The fourth-order valence-corrected chi connectivity index (χ4v) is 4.31. The predicted octanol–water partition coefficient (Wildman–Crippen LogP) is 3.61. The first kappa shape index (κ1) is 19.0. The maximum absolute atomic E-state index is 12.4. The first-order valence-corrected chi connectivity index (χ1v) is 10.4. The van der Waals surface area contributed by atoms with Crippen LogP contribution in [0, 0.1) is 12.8 Å². The Hall–Kier alpha value is -1.80. The quantitative estimate of drug-likeness (QED) is 0.756. The Balaban J connectivity index is 1.66. The summed E-state index contributed by atoms with van der Waals surface area (Å²) in [5, 5.41) is 12.0. The summed E-state index contributed by atoms with van der Waals surface area (Å²) in [7, 11) is 0. The first-order valence-electron chi connectivity index (χ1n) is 8.64. The molecule has 2 heterocycles. The molecule has 1 aromatic heterocycles. The van der Waals surface area contributed by atoms with Crippen LogP contribution in [0.15, 0.2) is 22.5 Å². The Bertz CT molecular complexity index is 764. The summed E-state index contributed by atoms with van der Waals surface area (Å²) in [6, 6.07) is 5.82. The second-order valence-electron chi connectivity index (χ2n) is 6.42. The van der Waals surface area contributed by atoms with E-state index in [4.69, 9.17) is 9.47 Å². The largest absolute Gasteiger partial charge is 0.490 e. The molecule has 1 atom stereocenters. The Morgan fingerprint density at radius 3 is 2.73 bits per heavy atom. The minimum Gasteiger partial charge on any atom is -0.490 e. The van der Waals surface area contributed by atoms with Gasteiger partial charge in [-0.2, -0.15) is 0 Å². The van der Waals surface area contributed by atoms with Gasteiger partial charge in [0.25, 0.3) is 0 Å². The number of aromatic nitrogens is 2. The molecule has 140 valence electrons. The predicted molar refractivity (Wildman–Crippen MR) is 103 cm³/mol. The molecule has 2 aromatic rings. The third kappa shape index (κ3) is 4.88. The second-order valence-corrected chi connectivity index (χ2v) is 8.83. The molecule has 0 spiro atoms. The number of hydrogen-bond acceptors (Lipinski definition) is 7. The molecule has 0 saturated heterocycles. The van der Waals surface area contributed by atoms with Crippen LogP contribution in [0.1, 0.15) is 36.9 Å². The highest BCUT2D eigenvalue weighted by molar-refractivity contribution is 8.01. The Kier molecular flexibility index (Phi) is 6.37. The minimum absolute atomic E-state index is 0.0198. The van der Waals surface area contributed by atoms with Gasteiger partial charge in [0.15, 0.2) is 15.8 Å². The van der Waals surface area contributed by atoms with Crippen LogP contribution in [0.2, 0.25) is 0 Å². The maximum atomic E-state index is 12.4. The number of aryl methyl sites for hydroxylation is 1. The van der Waals surface area contributed by atoms with Crippen molar-refractivity contribution in [2.45, 2.75) is 37.6 Å². The van der Waals surface area contributed by atoms with E-state index in [9.17, 15) is 4.79 Å². The summed E-state index contributed by atoms with van der Waals surface area (Å²) < 4.78 is 12.3. The third-order valence-electron chi connectivity index (χ3n) is 3.95. The minimum atomic E-state index is -0.0867. The number of nitrogens with one attached hydrogen (secondary N) is 1. The number of ether oxygens (including phenoxy) is 2. The van der Waals surface area contributed by atoms with Crippen molar-refractivity contribution >= 4 is 29.0 Å². The molecule has 8 heteroatoms. The molecule has 0 saturated carbocycles. The molecule has 1 amide bonds. The SMILES string of the molecule is Cc1nnc(SCC(=O)N[C@H](c2ccc3c(c2)OCCCO3)C(C)C)s1. The standard InChI is InChI=1S/C18H23N3O3S2/c1-11(2)17(19-16(22)10-25-18-21-20-12(3)26-18)13-5-6-14-15(9-13)24-8-4-7-23-14/h5-6,9,11,17H,4,7-8,10H2,1-3H3,(H,19,22)/t17-/m0/s1. The molecule has 0 radical (unpaired) electrons. The molecule has 0 unspecified atom stereocenters. The Labute approximate surface area is 161 Å². The number of fused-ring (bicyclic) bond motifs is 1. The van der Waals surface area contributed by atoms with Crippen molar-refractivity contribution in [3.05, 3.63) is 28.8 Å². The van der Waals surface area contributed by atoms with Gasteiger partial charge in [-0.15, -0.1) is 10.2 Å². The molecule has 3 rings (SSSR count). The van der Waals surface area contributed by atoms with E-state index < -0.39 is 0 Å². The summed E-state index contributed by atoms with van der Waals surface area (Å²) >= 11 is 2.91. The van der Waals surface area contributed by atoms with Gasteiger partial charge in [0.2, 0.25) is 5.91 Å². The lowest BCUT2D eigenvalue weighted by atomic mass is 9.95. The van der Waals surface area contributed by atoms with Crippen molar-refractivity contribution in [3.63, 3.8) is 0 Å². The van der Waals surface area contributed by atoms with E-state index in [1.807, 2.05) is 25.1 Å². The smallest absolute Gasteiger partial charge is 0.230 e. The van der Waals surface area contributed by atoms with Gasteiger partial charge in [0, 0.05) is 6.42 Å². The Morgan fingerprint density at radius 2 is 2.04 bits per heavy atom. The fourth-order valence-electron chi connectivity index (χ4n) is 2.69. The van der Waals surface area contributed by atoms with Gasteiger partial charge in [-0.3, -0.25) is 4.79 Å². The highest BCUT2D eigenvalue weighted by Crippen LogP contribution is 2.34. The zero-order valence-electron chi connectivity index (χ0n) is 15.2. The highest BCUT2D eigenvalue weighted by Gasteiger charge is 2.21. The number of amides is 1. The van der Waals surface area contributed by atoms with E-state index in [0.29, 0.717) is 19.0 Å². The van der Waals surface area contributed by atoms with Crippen molar-refractivity contribution < 1.29 is 14.3 Å². The number of benzene rings is 1. The molecular weight excluding hydrogens is 370 g/mol. The molecule has 1 N–H and O–H groups in total. The van der Waals surface area contributed by atoms with E-state index in [2.05, 4.69) is 29.4 Å². The fraction of sp³-hybridized carbons (Fsp3) is 0.500. The van der Waals surface area contributed by atoms with Gasteiger partial charge >= 0.3 is 0 Å². The molecule has 26 heavy (non-hydrogen) atoms. The van der Waals surface area contributed by atoms with Gasteiger partial charge in [-0.1, -0.05) is 43.0 Å². The van der Waals surface area contributed by atoms with Gasteiger partial charge < -0.3 is 14.8 Å². The monoisotopic (exact) mass is 393 g/mol. The van der Waals surface area contributed by atoms with E-state index in [-0.39, 0.29) is 17.9 Å². The van der Waals surface area contributed by atoms with Gasteiger partial charge in [-0.25, -0.2) is 0 Å². The summed E-state index contributed by atoms with van der Waals surface area (Å²) in [4.78, 5) is 12.4. The zero-order chi connectivity index (χ0) is 18.5. The zero-order valence-corrected chi connectivity index (χ0v) is 16.8. The van der Waals surface area contributed by atoms with Crippen LogP contribution in [-0.4, -0.2) is 35.1 Å². The average Bonchev–Trinajstić information content (AvgIpc) is 2.89. The van der Waals surface area contributed by atoms with Gasteiger partial charge in [0.05, 0.1) is 25.0 Å². The van der Waals surface area contributed by atoms with Gasteiger partial charge in [0.1, 0.15) is 5.01 Å².